The Balaban J connectivity index is 2.44. The summed E-state index contributed by atoms with van der Waals surface area (Å²) in [6.45, 7) is 7.38. The third kappa shape index (κ3) is 2.97. The van der Waals surface area contributed by atoms with Crippen LogP contribution in [-0.4, -0.2) is 48.6 Å². The molecule has 3 nitrogen and oxygen atoms in total. The molecule has 0 aromatic heterocycles. The van der Waals surface area contributed by atoms with Gasteiger partial charge in [-0.25, -0.2) is 0 Å². The van der Waals surface area contributed by atoms with Gasteiger partial charge in [0.05, 0.1) is 12.6 Å². The number of nitrogens with zero attached hydrogens (tertiary/aromatic N) is 3. The maximum absolute atomic E-state index is 8.64. The van der Waals surface area contributed by atoms with Crippen molar-refractivity contribution in [3.05, 3.63) is 0 Å². The lowest BCUT2D eigenvalue weighted by atomic mass is 10.0. The molecule has 1 fully saturated rings. The Labute approximate surface area is 87.3 Å². The van der Waals surface area contributed by atoms with Gasteiger partial charge >= 0.3 is 0 Å². The average Bonchev–Trinajstić information content (AvgIpc) is 2.18. The number of nitriles is 1. The summed E-state index contributed by atoms with van der Waals surface area (Å²) in [7, 11) is 2.05. The van der Waals surface area contributed by atoms with E-state index < -0.39 is 0 Å². The molecule has 0 N–H and O–H groups in total. The molecule has 3 heteroatoms. The molecule has 0 radical (unpaired) electrons. The number of rotatable bonds is 3. The van der Waals surface area contributed by atoms with Crippen LogP contribution >= 0.6 is 0 Å². The zero-order valence-electron chi connectivity index (χ0n) is 9.53. The van der Waals surface area contributed by atoms with Crippen LogP contribution in [0.1, 0.15) is 26.7 Å². The molecule has 0 aromatic rings. The van der Waals surface area contributed by atoms with E-state index in [4.69, 9.17) is 5.26 Å². The summed E-state index contributed by atoms with van der Waals surface area (Å²) < 4.78 is 0. The maximum Gasteiger partial charge on any atom is 0.0866 e. The van der Waals surface area contributed by atoms with Crippen molar-refractivity contribution in [1.29, 1.82) is 5.26 Å². The molecule has 1 atom stereocenters. The fourth-order valence-corrected chi connectivity index (χ4v) is 2.05. The van der Waals surface area contributed by atoms with Crippen molar-refractivity contribution in [3.8, 4) is 6.07 Å². The molecule has 80 valence electrons. The first kappa shape index (κ1) is 11.5. The van der Waals surface area contributed by atoms with Crippen LogP contribution in [0.4, 0.5) is 0 Å². The number of likely N-dealkylation sites (tertiary alicyclic amines) is 1. The van der Waals surface area contributed by atoms with Gasteiger partial charge in [0.2, 0.25) is 0 Å². The fourth-order valence-electron chi connectivity index (χ4n) is 2.05. The minimum Gasteiger partial charge on any atom is -0.299 e. The van der Waals surface area contributed by atoms with Crippen molar-refractivity contribution >= 4 is 0 Å². The summed E-state index contributed by atoms with van der Waals surface area (Å²) in [4.78, 5) is 4.68. The molecule has 0 saturated carbocycles. The summed E-state index contributed by atoms with van der Waals surface area (Å²) in [5.41, 5.74) is 0. The SMILES string of the molecule is CC(C)N1CCCC(N(C)CC#N)C1. The van der Waals surface area contributed by atoms with E-state index in [1.165, 1.54) is 19.4 Å². The molecule has 0 bridgehead atoms. The smallest absolute Gasteiger partial charge is 0.0866 e. The second kappa shape index (κ2) is 5.33. The second-order valence-corrected chi connectivity index (χ2v) is 4.46. The Morgan fingerprint density at radius 2 is 2.29 bits per heavy atom. The predicted octanol–water partition coefficient (Wildman–Crippen LogP) is 1.31. The van der Waals surface area contributed by atoms with E-state index in [0.29, 0.717) is 18.6 Å². The summed E-state index contributed by atoms with van der Waals surface area (Å²) >= 11 is 0. The van der Waals surface area contributed by atoms with Crippen LogP contribution < -0.4 is 0 Å². The van der Waals surface area contributed by atoms with Crippen molar-refractivity contribution in [2.24, 2.45) is 0 Å². The molecule has 1 unspecified atom stereocenters. The van der Waals surface area contributed by atoms with Gasteiger partial charge in [-0.15, -0.1) is 0 Å². The Bertz CT molecular complexity index is 207. The van der Waals surface area contributed by atoms with Crippen LogP contribution in [0.2, 0.25) is 0 Å². The topological polar surface area (TPSA) is 30.3 Å². The molecule has 1 heterocycles. The highest BCUT2D eigenvalue weighted by atomic mass is 15.2. The standard InChI is InChI=1S/C11H21N3/c1-10(2)14-7-4-5-11(9-14)13(3)8-6-12/h10-11H,4-5,7-9H2,1-3H3. The Morgan fingerprint density at radius 1 is 1.57 bits per heavy atom. The van der Waals surface area contributed by atoms with Gasteiger partial charge in [-0.3, -0.25) is 9.80 Å². The normalized spacial score (nSPS) is 24.1. The predicted molar refractivity (Wildman–Crippen MR) is 58.0 cm³/mol. The Hall–Kier alpha value is -0.590. The lowest BCUT2D eigenvalue weighted by molar-refractivity contribution is 0.102. The molecule has 1 saturated heterocycles. The highest BCUT2D eigenvalue weighted by Crippen LogP contribution is 2.16. The highest BCUT2D eigenvalue weighted by molar-refractivity contribution is 4.85. The zero-order valence-corrected chi connectivity index (χ0v) is 9.53. The quantitative estimate of drug-likeness (QED) is 0.636. The minimum absolute atomic E-state index is 0.552. The molecule has 1 aliphatic heterocycles. The monoisotopic (exact) mass is 195 g/mol. The second-order valence-electron chi connectivity index (χ2n) is 4.46. The molecule has 1 rings (SSSR count). The van der Waals surface area contributed by atoms with Crippen molar-refractivity contribution in [2.75, 3.05) is 26.7 Å². The first-order valence-corrected chi connectivity index (χ1v) is 5.46. The van der Waals surface area contributed by atoms with Gasteiger partial charge in [0.1, 0.15) is 0 Å². The van der Waals surface area contributed by atoms with E-state index in [9.17, 15) is 0 Å². The molecule has 0 spiro atoms. The fraction of sp³-hybridized carbons (Fsp3) is 0.909. The van der Waals surface area contributed by atoms with Crippen LogP contribution in [0, 0.1) is 11.3 Å². The van der Waals surface area contributed by atoms with Crippen molar-refractivity contribution in [3.63, 3.8) is 0 Å². The largest absolute Gasteiger partial charge is 0.299 e. The number of likely N-dealkylation sites (N-methyl/N-ethyl adjacent to an activating group) is 1. The van der Waals surface area contributed by atoms with E-state index in [1.54, 1.807) is 0 Å². The maximum atomic E-state index is 8.64. The minimum atomic E-state index is 0.552. The van der Waals surface area contributed by atoms with Crippen LogP contribution in [0.3, 0.4) is 0 Å². The number of piperidine rings is 1. The lowest BCUT2D eigenvalue weighted by Gasteiger charge is -2.38. The first-order valence-electron chi connectivity index (χ1n) is 5.46. The highest BCUT2D eigenvalue weighted by Gasteiger charge is 2.23. The third-order valence-corrected chi connectivity index (χ3v) is 3.10. The number of hydrogen-bond acceptors (Lipinski definition) is 3. The van der Waals surface area contributed by atoms with Gasteiger partial charge in [-0.2, -0.15) is 5.26 Å². The molecule has 0 aromatic carbocycles. The Kier molecular flexibility index (Phi) is 4.37. The van der Waals surface area contributed by atoms with Gasteiger partial charge in [-0.05, 0) is 40.3 Å². The summed E-state index contributed by atoms with van der Waals surface area (Å²) in [5.74, 6) is 0. The van der Waals surface area contributed by atoms with Crippen molar-refractivity contribution < 1.29 is 0 Å². The van der Waals surface area contributed by atoms with Gasteiger partial charge < -0.3 is 0 Å². The third-order valence-electron chi connectivity index (χ3n) is 3.10. The molecule has 0 amide bonds. The van der Waals surface area contributed by atoms with Crippen molar-refractivity contribution in [1.82, 2.24) is 9.80 Å². The van der Waals surface area contributed by atoms with Gasteiger partial charge in [0, 0.05) is 18.6 Å². The van der Waals surface area contributed by atoms with Crippen LogP contribution in [0.5, 0.6) is 0 Å². The molecule has 14 heavy (non-hydrogen) atoms. The zero-order chi connectivity index (χ0) is 10.6. The van der Waals surface area contributed by atoms with Crippen LogP contribution in [-0.2, 0) is 0 Å². The number of hydrogen-bond donors (Lipinski definition) is 0. The van der Waals surface area contributed by atoms with Gasteiger partial charge in [0.25, 0.3) is 0 Å². The molecular formula is C11H21N3. The molecular weight excluding hydrogens is 174 g/mol. The van der Waals surface area contributed by atoms with E-state index in [-0.39, 0.29) is 0 Å². The Morgan fingerprint density at radius 3 is 2.86 bits per heavy atom. The molecule has 0 aliphatic carbocycles. The summed E-state index contributed by atoms with van der Waals surface area (Å²) in [6, 6.07) is 3.42. The van der Waals surface area contributed by atoms with E-state index >= 15 is 0 Å². The van der Waals surface area contributed by atoms with E-state index in [2.05, 4.69) is 36.8 Å². The molecule has 1 aliphatic rings. The van der Waals surface area contributed by atoms with Gasteiger partial charge in [-0.1, -0.05) is 0 Å². The first-order chi connectivity index (χ1) is 6.65. The van der Waals surface area contributed by atoms with Crippen molar-refractivity contribution in [2.45, 2.75) is 38.8 Å². The summed E-state index contributed by atoms with van der Waals surface area (Å²) in [6.07, 6.45) is 2.50. The van der Waals surface area contributed by atoms with Gasteiger partial charge in [0.15, 0.2) is 0 Å². The van der Waals surface area contributed by atoms with E-state index in [1.807, 2.05) is 0 Å². The average molecular weight is 195 g/mol. The van der Waals surface area contributed by atoms with Crippen LogP contribution in [0.25, 0.3) is 0 Å². The summed E-state index contributed by atoms with van der Waals surface area (Å²) in [5, 5.41) is 8.64. The lowest BCUT2D eigenvalue weighted by Crippen LogP contribution is -2.48. The van der Waals surface area contributed by atoms with Crippen LogP contribution in [0.15, 0.2) is 0 Å². The van der Waals surface area contributed by atoms with E-state index in [0.717, 1.165) is 6.54 Å².